The van der Waals surface area contributed by atoms with Crippen LogP contribution in [0.1, 0.15) is 15.9 Å². The van der Waals surface area contributed by atoms with Gasteiger partial charge in [0.25, 0.3) is 0 Å². The van der Waals surface area contributed by atoms with Gasteiger partial charge in [0.15, 0.2) is 5.78 Å². The molecule has 0 N–H and O–H groups in total. The molecule has 0 aliphatic rings. The highest BCUT2D eigenvalue weighted by molar-refractivity contribution is 6.08. The molecule has 0 unspecified atom stereocenters. The van der Waals surface area contributed by atoms with Crippen molar-refractivity contribution in [1.29, 1.82) is 0 Å². The number of hydrogen-bond donors (Lipinski definition) is 0. The Morgan fingerprint density at radius 3 is 2.43 bits per heavy atom. The molecule has 1 heterocycles. The lowest BCUT2D eigenvalue weighted by molar-refractivity contribution is 0.0992. The minimum absolute atomic E-state index is 0.205. The molecule has 104 valence electrons. The van der Waals surface area contributed by atoms with E-state index < -0.39 is 11.6 Å². The fourth-order valence-electron chi connectivity index (χ4n) is 2.30. The molecule has 2 aromatic carbocycles. The standard InChI is InChI=1S/C17H11F2NO/c18-14-6-2-7-15(19)13(14)10-17(21)12-4-1-8-16-11(12)5-3-9-20-16/h1-9H,10H2. The Balaban J connectivity index is 2.02. The van der Waals surface area contributed by atoms with Crippen LogP contribution < -0.4 is 0 Å². The highest BCUT2D eigenvalue weighted by atomic mass is 19.1. The third-order valence-electron chi connectivity index (χ3n) is 3.35. The lowest BCUT2D eigenvalue weighted by Gasteiger charge is -2.07. The number of carbonyl (C=O) groups excluding carboxylic acids is 1. The summed E-state index contributed by atoms with van der Waals surface area (Å²) in [4.78, 5) is 16.5. The number of rotatable bonds is 3. The fourth-order valence-corrected chi connectivity index (χ4v) is 2.30. The van der Waals surface area contributed by atoms with Gasteiger partial charge in [-0.2, -0.15) is 0 Å². The Labute approximate surface area is 120 Å². The molecule has 0 bridgehead atoms. The minimum Gasteiger partial charge on any atom is -0.294 e. The second kappa shape index (κ2) is 5.40. The summed E-state index contributed by atoms with van der Waals surface area (Å²) >= 11 is 0. The molecular formula is C17H11F2NO. The molecule has 0 atom stereocenters. The Bertz CT molecular complexity index is 804. The average molecular weight is 283 g/mol. The van der Waals surface area contributed by atoms with Crippen LogP contribution in [-0.4, -0.2) is 10.8 Å². The monoisotopic (exact) mass is 283 g/mol. The smallest absolute Gasteiger partial charge is 0.168 e. The number of aromatic nitrogens is 1. The van der Waals surface area contributed by atoms with Crippen molar-refractivity contribution < 1.29 is 13.6 Å². The molecule has 3 aromatic rings. The number of Topliss-reactive ketones (excluding diaryl/α,β-unsaturated/α-hetero) is 1. The molecule has 4 heteroatoms. The first kappa shape index (κ1) is 13.4. The van der Waals surface area contributed by atoms with Crippen molar-refractivity contribution in [2.75, 3.05) is 0 Å². The first-order chi connectivity index (χ1) is 10.2. The van der Waals surface area contributed by atoms with E-state index in [1.807, 2.05) is 0 Å². The Hall–Kier alpha value is -2.62. The molecule has 0 aliphatic carbocycles. The van der Waals surface area contributed by atoms with Crippen molar-refractivity contribution in [1.82, 2.24) is 4.98 Å². The van der Waals surface area contributed by atoms with Crippen LogP contribution in [0, 0.1) is 11.6 Å². The van der Waals surface area contributed by atoms with Crippen LogP contribution >= 0.6 is 0 Å². The SMILES string of the molecule is O=C(Cc1c(F)cccc1F)c1cccc2ncccc12. The number of halogens is 2. The molecule has 0 spiro atoms. The highest BCUT2D eigenvalue weighted by Gasteiger charge is 2.16. The maximum Gasteiger partial charge on any atom is 0.168 e. The first-order valence-corrected chi connectivity index (χ1v) is 6.46. The summed E-state index contributed by atoms with van der Waals surface area (Å²) in [5, 5.41) is 0.682. The fraction of sp³-hybridized carbons (Fsp3) is 0.0588. The number of ketones is 1. The van der Waals surface area contributed by atoms with Gasteiger partial charge in [0.05, 0.1) is 5.52 Å². The van der Waals surface area contributed by atoms with Crippen molar-refractivity contribution in [2.45, 2.75) is 6.42 Å². The van der Waals surface area contributed by atoms with Gasteiger partial charge in [-0.3, -0.25) is 9.78 Å². The lowest BCUT2D eigenvalue weighted by atomic mass is 9.99. The molecule has 2 nitrogen and oxygen atoms in total. The summed E-state index contributed by atoms with van der Waals surface area (Å²) < 4.78 is 27.3. The molecule has 1 aromatic heterocycles. The summed E-state index contributed by atoms with van der Waals surface area (Å²) in [7, 11) is 0. The summed E-state index contributed by atoms with van der Waals surface area (Å²) in [6.45, 7) is 0. The summed E-state index contributed by atoms with van der Waals surface area (Å²) in [5.74, 6) is -1.75. The third kappa shape index (κ3) is 2.52. The first-order valence-electron chi connectivity index (χ1n) is 6.46. The number of pyridine rings is 1. The number of carbonyl (C=O) groups is 1. The summed E-state index contributed by atoms with van der Waals surface area (Å²) in [6.07, 6.45) is 1.32. The van der Waals surface area contributed by atoms with Crippen LogP contribution in [0.25, 0.3) is 10.9 Å². The molecular weight excluding hydrogens is 272 g/mol. The normalized spacial score (nSPS) is 10.8. The van der Waals surface area contributed by atoms with Crippen LogP contribution in [0.15, 0.2) is 54.7 Å². The van der Waals surface area contributed by atoms with Gasteiger partial charge in [-0.15, -0.1) is 0 Å². The number of hydrogen-bond acceptors (Lipinski definition) is 2. The molecule has 0 saturated heterocycles. The number of fused-ring (bicyclic) bond motifs is 1. The Morgan fingerprint density at radius 2 is 1.67 bits per heavy atom. The van der Waals surface area contributed by atoms with Gasteiger partial charge in [-0.1, -0.05) is 24.3 Å². The van der Waals surface area contributed by atoms with Crippen LogP contribution in [0.4, 0.5) is 8.78 Å². The highest BCUT2D eigenvalue weighted by Crippen LogP contribution is 2.20. The van der Waals surface area contributed by atoms with Gasteiger partial charge in [0, 0.05) is 29.1 Å². The zero-order chi connectivity index (χ0) is 14.8. The van der Waals surface area contributed by atoms with Crippen molar-refractivity contribution in [3.05, 3.63) is 77.5 Å². The van der Waals surface area contributed by atoms with Gasteiger partial charge in [0.1, 0.15) is 11.6 Å². The van der Waals surface area contributed by atoms with E-state index in [0.717, 1.165) is 12.1 Å². The predicted octanol–water partition coefficient (Wildman–Crippen LogP) is 3.94. The van der Waals surface area contributed by atoms with Crippen LogP contribution in [0.5, 0.6) is 0 Å². The zero-order valence-electron chi connectivity index (χ0n) is 11.0. The van der Waals surface area contributed by atoms with Gasteiger partial charge < -0.3 is 0 Å². The molecule has 0 aliphatic heterocycles. The lowest BCUT2D eigenvalue weighted by Crippen LogP contribution is -2.08. The molecule has 0 saturated carbocycles. The van der Waals surface area contributed by atoms with E-state index in [1.54, 1.807) is 36.5 Å². The largest absolute Gasteiger partial charge is 0.294 e. The second-order valence-electron chi connectivity index (χ2n) is 4.68. The van der Waals surface area contributed by atoms with Gasteiger partial charge in [0.2, 0.25) is 0 Å². The number of nitrogens with zero attached hydrogens (tertiary/aromatic N) is 1. The van der Waals surface area contributed by atoms with E-state index in [9.17, 15) is 13.6 Å². The molecule has 3 rings (SSSR count). The van der Waals surface area contributed by atoms with E-state index in [4.69, 9.17) is 0 Å². The molecule has 0 fully saturated rings. The molecule has 0 radical (unpaired) electrons. The van der Waals surface area contributed by atoms with Gasteiger partial charge >= 0.3 is 0 Å². The zero-order valence-corrected chi connectivity index (χ0v) is 11.0. The van der Waals surface area contributed by atoms with E-state index in [1.165, 1.54) is 6.07 Å². The van der Waals surface area contributed by atoms with E-state index >= 15 is 0 Å². The van der Waals surface area contributed by atoms with Crippen molar-refractivity contribution in [3.63, 3.8) is 0 Å². The Kier molecular flexibility index (Phi) is 3.44. The quantitative estimate of drug-likeness (QED) is 0.681. The van der Waals surface area contributed by atoms with E-state index in [-0.39, 0.29) is 17.8 Å². The maximum atomic E-state index is 13.6. The van der Waals surface area contributed by atoms with E-state index in [0.29, 0.717) is 16.5 Å². The van der Waals surface area contributed by atoms with Crippen LogP contribution in [0.3, 0.4) is 0 Å². The van der Waals surface area contributed by atoms with Crippen molar-refractivity contribution >= 4 is 16.7 Å². The topological polar surface area (TPSA) is 30.0 Å². The van der Waals surface area contributed by atoms with Crippen LogP contribution in [0.2, 0.25) is 0 Å². The van der Waals surface area contributed by atoms with Crippen molar-refractivity contribution in [3.8, 4) is 0 Å². The number of benzene rings is 2. The van der Waals surface area contributed by atoms with Crippen molar-refractivity contribution in [2.24, 2.45) is 0 Å². The van der Waals surface area contributed by atoms with E-state index in [2.05, 4.69) is 4.98 Å². The molecule has 21 heavy (non-hydrogen) atoms. The predicted molar refractivity (Wildman–Crippen MR) is 76.1 cm³/mol. The Morgan fingerprint density at radius 1 is 0.952 bits per heavy atom. The summed E-state index contributed by atoms with van der Waals surface area (Å²) in [6, 6.07) is 12.2. The second-order valence-corrected chi connectivity index (χ2v) is 4.68. The molecule has 0 amide bonds. The average Bonchev–Trinajstić information content (AvgIpc) is 2.50. The van der Waals surface area contributed by atoms with Crippen LogP contribution in [-0.2, 0) is 6.42 Å². The minimum atomic E-state index is -0.707. The van der Waals surface area contributed by atoms with Gasteiger partial charge in [-0.05, 0) is 24.3 Å². The summed E-state index contributed by atoms with van der Waals surface area (Å²) in [5.41, 5.74) is 0.893. The maximum absolute atomic E-state index is 13.6. The third-order valence-corrected chi connectivity index (χ3v) is 3.35. The van der Waals surface area contributed by atoms with Gasteiger partial charge in [-0.25, -0.2) is 8.78 Å².